The van der Waals surface area contributed by atoms with Gasteiger partial charge in [-0.05, 0) is 38.8 Å². The van der Waals surface area contributed by atoms with Gasteiger partial charge in [0.25, 0.3) is 0 Å². The molecule has 2 nitrogen and oxygen atoms in total. The quantitative estimate of drug-likeness (QED) is 0.840. The van der Waals surface area contributed by atoms with Crippen LogP contribution in [0.15, 0.2) is 18.2 Å². The molecule has 0 aliphatic carbocycles. The minimum Gasteiger partial charge on any atom is -0.311 e. The highest BCUT2D eigenvalue weighted by Crippen LogP contribution is 2.13. The first-order valence-corrected chi connectivity index (χ1v) is 5.63. The summed E-state index contributed by atoms with van der Waals surface area (Å²) in [6.45, 7) is 9.67. The summed E-state index contributed by atoms with van der Waals surface area (Å²) in [4.78, 5) is 0. The van der Waals surface area contributed by atoms with Gasteiger partial charge in [0.2, 0.25) is 0 Å². The summed E-state index contributed by atoms with van der Waals surface area (Å²) in [6.07, 6.45) is 0. The molecule has 0 aliphatic heterocycles. The highest BCUT2D eigenvalue weighted by molar-refractivity contribution is 5.30. The van der Waals surface area contributed by atoms with Gasteiger partial charge in [0.05, 0.1) is 11.5 Å². The maximum Gasteiger partial charge on any atom is 0.0697 e. The average molecular weight is 216 g/mol. The Morgan fingerprint density at radius 1 is 1.31 bits per heavy atom. The van der Waals surface area contributed by atoms with E-state index in [0.29, 0.717) is 0 Å². The fourth-order valence-electron chi connectivity index (χ4n) is 1.59. The van der Waals surface area contributed by atoms with E-state index in [4.69, 9.17) is 5.26 Å². The SMILES string of the molecule is Cc1ccc(CNCC(C)(C)C#N)c(C)c1. The maximum absolute atomic E-state index is 8.89. The molecule has 0 amide bonds. The zero-order valence-corrected chi connectivity index (χ0v) is 10.6. The number of nitriles is 1. The first-order valence-electron chi connectivity index (χ1n) is 5.63. The Morgan fingerprint density at radius 3 is 2.56 bits per heavy atom. The summed E-state index contributed by atoms with van der Waals surface area (Å²) in [6, 6.07) is 8.75. The van der Waals surface area contributed by atoms with Gasteiger partial charge in [-0.15, -0.1) is 0 Å². The number of nitrogens with zero attached hydrogens (tertiary/aromatic N) is 1. The van der Waals surface area contributed by atoms with Crippen molar-refractivity contribution < 1.29 is 0 Å². The Morgan fingerprint density at radius 2 is 2.00 bits per heavy atom. The second-order valence-corrected chi connectivity index (χ2v) is 5.03. The number of rotatable bonds is 4. The predicted octanol–water partition coefficient (Wildman–Crippen LogP) is 2.94. The molecule has 0 aliphatic rings. The molecule has 1 rings (SSSR count). The van der Waals surface area contributed by atoms with Crippen molar-refractivity contribution in [3.05, 3.63) is 34.9 Å². The third-order valence-electron chi connectivity index (χ3n) is 2.68. The lowest BCUT2D eigenvalue weighted by molar-refractivity contribution is 0.445. The van der Waals surface area contributed by atoms with Crippen molar-refractivity contribution in [3.8, 4) is 6.07 Å². The van der Waals surface area contributed by atoms with E-state index in [1.165, 1.54) is 16.7 Å². The normalized spacial score (nSPS) is 11.2. The van der Waals surface area contributed by atoms with Crippen molar-refractivity contribution in [1.82, 2.24) is 5.32 Å². The molecular formula is C14H20N2. The van der Waals surface area contributed by atoms with Gasteiger partial charge in [0.15, 0.2) is 0 Å². The molecular weight excluding hydrogens is 196 g/mol. The third kappa shape index (κ3) is 3.67. The molecule has 16 heavy (non-hydrogen) atoms. The first kappa shape index (κ1) is 12.7. The molecule has 0 spiro atoms. The van der Waals surface area contributed by atoms with Gasteiger partial charge in [0, 0.05) is 13.1 Å². The molecule has 2 heteroatoms. The van der Waals surface area contributed by atoms with Gasteiger partial charge in [-0.3, -0.25) is 0 Å². The second kappa shape index (κ2) is 5.14. The Hall–Kier alpha value is -1.33. The summed E-state index contributed by atoms with van der Waals surface area (Å²) in [5.74, 6) is 0. The molecule has 1 aromatic rings. The van der Waals surface area contributed by atoms with Gasteiger partial charge in [0.1, 0.15) is 0 Å². The minimum atomic E-state index is -0.293. The molecule has 86 valence electrons. The molecule has 1 aromatic carbocycles. The predicted molar refractivity (Wildman–Crippen MR) is 67.0 cm³/mol. The third-order valence-corrected chi connectivity index (χ3v) is 2.68. The standard InChI is InChI=1S/C14H20N2/c1-11-5-6-13(12(2)7-11)8-16-10-14(3,4)9-15/h5-7,16H,8,10H2,1-4H3. The smallest absolute Gasteiger partial charge is 0.0697 e. The summed E-state index contributed by atoms with van der Waals surface area (Å²) in [7, 11) is 0. The van der Waals surface area contributed by atoms with Crippen molar-refractivity contribution in [2.75, 3.05) is 6.54 Å². The van der Waals surface area contributed by atoms with Crippen LogP contribution in [-0.2, 0) is 6.54 Å². The van der Waals surface area contributed by atoms with Crippen molar-refractivity contribution in [2.24, 2.45) is 5.41 Å². The summed E-state index contributed by atoms with van der Waals surface area (Å²) >= 11 is 0. The van der Waals surface area contributed by atoms with Crippen LogP contribution in [0.2, 0.25) is 0 Å². The highest BCUT2D eigenvalue weighted by atomic mass is 14.9. The molecule has 0 fully saturated rings. The van der Waals surface area contributed by atoms with E-state index in [9.17, 15) is 0 Å². The van der Waals surface area contributed by atoms with Gasteiger partial charge in [-0.2, -0.15) is 5.26 Å². The fraction of sp³-hybridized carbons (Fsp3) is 0.500. The van der Waals surface area contributed by atoms with Gasteiger partial charge in [-0.1, -0.05) is 23.8 Å². The second-order valence-electron chi connectivity index (χ2n) is 5.03. The van der Waals surface area contributed by atoms with E-state index >= 15 is 0 Å². The molecule has 0 aromatic heterocycles. The van der Waals surface area contributed by atoms with Crippen LogP contribution in [0.5, 0.6) is 0 Å². The van der Waals surface area contributed by atoms with E-state index in [-0.39, 0.29) is 5.41 Å². The lowest BCUT2D eigenvalue weighted by Gasteiger charge is -2.16. The van der Waals surface area contributed by atoms with Gasteiger partial charge >= 0.3 is 0 Å². The summed E-state index contributed by atoms with van der Waals surface area (Å²) in [5.41, 5.74) is 3.61. The molecule has 0 saturated heterocycles. The van der Waals surface area contributed by atoms with Gasteiger partial charge < -0.3 is 5.32 Å². The highest BCUT2D eigenvalue weighted by Gasteiger charge is 2.15. The number of aryl methyl sites for hydroxylation is 2. The summed E-state index contributed by atoms with van der Waals surface area (Å²) in [5, 5.41) is 12.2. The summed E-state index contributed by atoms with van der Waals surface area (Å²) < 4.78 is 0. The Labute approximate surface area is 98.3 Å². The number of hydrogen-bond donors (Lipinski definition) is 1. The van der Waals surface area contributed by atoms with Crippen LogP contribution in [0.25, 0.3) is 0 Å². The molecule has 0 saturated carbocycles. The van der Waals surface area contributed by atoms with Gasteiger partial charge in [-0.25, -0.2) is 0 Å². The van der Waals surface area contributed by atoms with Crippen LogP contribution < -0.4 is 5.32 Å². The van der Waals surface area contributed by atoms with Crippen LogP contribution >= 0.6 is 0 Å². The van der Waals surface area contributed by atoms with E-state index in [1.54, 1.807) is 0 Å². The minimum absolute atomic E-state index is 0.293. The zero-order valence-electron chi connectivity index (χ0n) is 10.6. The van der Waals surface area contributed by atoms with Crippen LogP contribution in [0, 0.1) is 30.6 Å². The molecule has 1 N–H and O–H groups in total. The van der Waals surface area contributed by atoms with Crippen LogP contribution in [0.3, 0.4) is 0 Å². The Kier molecular flexibility index (Phi) is 4.09. The monoisotopic (exact) mass is 216 g/mol. The largest absolute Gasteiger partial charge is 0.311 e. The lowest BCUT2D eigenvalue weighted by Crippen LogP contribution is -2.27. The Bertz CT molecular complexity index is 400. The molecule has 0 unspecified atom stereocenters. The van der Waals surface area contributed by atoms with E-state index in [0.717, 1.165) is 13.1 Å². The van der Waals surface area contributed by atoms with Crippen LogP contribution in [0.1, 0.15) is 30.5 Å². The topological polar surface area (TPSA) is 35.8 Å². The van der Waals surface area contributed by atoms with Crippen molar-refractivity contribution in [1.29, 1.82) is 5.26 Å². The first-order chi connectivity index (χ1) is 7.44. The van der Waals surface area contributed by atoms with E-state index in [2.05, 4.69) is 43.4 Å². The average Bonchev–Trinajstić information content (AvgIpc) is 2.21. The number of nitrogens with one attached hydrogen (secondary N) is 1. The van der Waals surface area contributed by atoms with E-state index < -0.39 is 0 Å². The van der Waals surface area contributed by atoms with Crippen molar-refractivity contribution in [3.63, 3.8) is 0 Å². The molecule has 0 radical (unpaired) electrons. The molecule has 0 atom stereocenters. The number of benzene rings is 1. The molecule has 0 bridgehead atoms. The van der Waals surface area contributed by atoms with Crippen molar-refractivity contribution >= 4 is 0 Å². The van der Waals surface area contributed by atoms with E-state index in [1.807, 2.05) is 13.8 Å². The lowest BCUT2D eigenvalue weighted by atomic mass is 9.96. The Balaban J connectivity index is 2.53. The maximum atomic E-state index is 8.89. The number of hydrogen-bond acceptors (Lipinski definition) is 2. The van der Waals surface area contributed by atoms with Crippen molar-refractivity contribution in [2.45, 2.75) is 34.2 Å². The molecule has 0 heterocycles. The van der Waals surface area contributed by atoms with Crippen LogP contribution in [-0.4, -0.2) is 6.54 Å². The van der Waals surface area contributed by atoms with Crippen LogP contribution in [0.4, 0.5) is 0 Å². The fourth-order valence-corrected chi connectivity index (χ4v) is 1.59. The zero-order chi connectivity index (χ0) is 12.2.